The van der Waals surface area contributed by atoms with E-state index in [1.165, 1.54) is 0 Å². The summed E-state index contributed by atoms with van der Waals surface area (Å²) in [4.78, 5) is 16.3. The second-order valence-electron chi connectivity index (χ2n) is 5.73. The zero-order valence-corrected chi connectivity index (χ0v) is 13.8. The molecule has 24 heavy (non-hydrogen) atoms. The van der Waals surface area contributed by atoms with Crippen LogP contribution in [0, 0.1) is 6.92 Å². The van der Waals surface area contributed by atoms with E-state index in [9.17, 15) is 4.79 Å². The van der Waals surface area contributed by atoms with Gasteiger partial charge in [0.15, 0.2) is 5.78 Å². The average molecular weight is 317 g/mol. The maximum Gasteiger partial charge on any atom is 0.163 e. The van der Waals surface area contributed by atoms with Crippen LogP contribution in [0.15, 0.2) is 66.9 Å². The molecule has 0 saturated carbocycles. The van der Waals surface area contributed by atoms with Crippen molar-refractivity contribution in [2.75, 3.05) is 0 Å². The molecule has 0 unspecified atom stereocenters. The standard InChI is InChI=1S/C21H19NO2/c1-15-8-9-19(13-22-15)18-10-11-21(20(12-18)16(2)23)24-14-17-6-4-3-5-7-17/h3-13H,14H2,1-2H3. The van der Waals surface area contributed by atoms with Crippen molar-refractivity contribution in [3.8, 4) is 16.9 Å². The minimum absolute atomic E-state index is 0.0139. The van der Waals surface area contributed by atoms with Gasteiger partial charge < -0.3 is 4.74 Å². The Hall–Kier alpha value is -2.94. The molecule has 3 aromatic rings. The monoisotopic (exact) mass is 317 g/mol. The van der Waals surface area contributed by atoms with Crippen LogP contribution < -0.4 is 4.74 Å². The predicted octanol–water partition coefficient (Wildman–Crippen LogP) is 4.84. The lowest BCUT2D eigenvalue weighted by Gasteiger charge is -2.12. The molecule has 1 heterocycles. The van der Waals surface area contributed by atoms with Gasteiger partial charge in [-0.2, -0.15) is 0 Å². The number of pyridine rings is 1. The van der Waals surface area contributed by atoms with Crippen molar-refractivity contribution < 1.29 is 9.53 Å². The quantitative estimate of drug-likeness (QED) is 0.632. The van der Waals surface area contributed by atoms with Gasteiger partial charge in [-0.15, -0.1) is 0 Å². The molecule has 0 spiro atoms. The van der Waals surface area contributed by atoms with Crippen LogP contribution in [0.1, 0.15) is 28.5 Å². The first kappa shape index (κ1) is 15.9. The molecule has 2 aromatic carbocycles. The van der Waals surface area contributed by atoms with Gasteiger partial charge in [-0.3, -0.25) is 9.78 Å². The van der Waals surface area contributed by atoms with E-state index in [2.05, 4.69) is 4.98 Å². The van der Waals surface area contributed by atoms with Gasteiger partial charge in [0, 0.05) is 17.5 Å². The summed E-state index contributed by atoms with van der Waals surface area (Å²) in [6.07, 6.45) is 1.82. The molecule has 0 atom stereocenters. The summed E-state index contributed by atoms with van der Waals surface area (Å²) in [5.41, 5.74) is 4.56. The van der Waals surface area contributed by atoms with Crippen LogP contribution in [-0.2, 0) is 6.61 Å². The number of ether oxygens (including phenoxy) is 1. The first-order valence-corrected chi connectivity index (χ1v) is 7.88. The third kappa shape index (κ3) is 3.69. The lowest BCUT2D eigenvalue weighted by molar-refractivity contribution is 0.101. The summed E-state index contributed by atoms with van der Waals surface area (Å²) in [5, 5.41) is 0. The smallest absolute Gasteiger partial charge is 0.163 e. The Balaban J connectivity index is 1.87. The van der Waals surface area contributed by atoms with Crippen molar-refractivity contribution in [3.63, 3.8) is 0 Å². The minimum Gasteiger partial charge on any atom is -0.488 e. The van der Waals surface area contributed by atoms with Gasteiger partial charge in [0.1, 0.15) is 12.4 Å². The van der Waals surface area contributed by atoms with Crippen LogP contribution in [0.5, 0.6) is 5.75 Å². The molecule has 3 nitrogen and oxygen atoms in total. The first-order valence-electron chi connectivity index (χ1n) is 7.88. The van der Waals surface area contributed by atoms with Crippen molar-refractivity contribution >= 4 is 5.78 Å². The fraction of sp³-hybridized carbons (Fsp3) is 0.143. The molecular weight excluding hydrogens is 298 g/mol. The zero-order valence-electron chi connectivity index (χ0n) is 13.8. The zero-order chi connectivity index (χ0) is 16.9. The number of carbonyl (C=O) groups is 1. The molecule has 0 N–H and O–H groups in total. The number of benzene rings is 2. The predicted molar refractivity (Wildman–Crippen MR) is 95.2 cm³/mol. The molecule has 0 radical (unpaired) electrons. The van der Waals surface area contributed by atoms with E-state index in [-0.39, 0.29) is 5.78 Å². The molecule has 0 amide bonds. The lowest BCUT2D eigenvalue weighted by Crippen LogP contribution is -2.02. The molecule has 0 bridgehead atoms. The Kier molecular flexibility index (Phi) is 4.71. The minimum atomic E-state index is -0.0139. The van der Waals surface area contributed by atoms with Gasteiger partial charge in [0.25, 0.3) is 0 Å². The van der Waals surface area contributed by atoms with E-state index >= 15 is 0 Å². The number of rotatable bonds is 5. The average Bonchev–Trinajstić information content (AvgIpc) is 2.61. The topological polar surface area (TPSA) is 39.2 Å². The summed E-state index contributed by atoms with van der Waals surface area (Å²) in [7, 11) is 0. The van der Waals surface area contributed by atoms with Crippen LogP contribution >= 0.6 is 0 Å². The summed E-state index contributed by atoms with van der Waals surface area (Å²) in [5.74, 6) is 0.593. The molecule has 1 aromatic heterocycles. The highest BCUT2D eigenvalue weighted by molar-refractivity contribution is 5.98. The third-order valence-electron chi connectivity index (χ3n) is 3.84. The number of ketones is 1. The second-order valence-corrected chi connectivity index (χ2v) is 5.73. The fourth-order valence-corrected chi connectivity index (χ4v) is 2.48. The molecule has 0 aliphatic rings. The van der Waals surface area contributed by atoms with Crippen molar-refractivity contribution in [1.29, 1.82) is 0 Å². The Morgan fingerprint density at radius 1 is 1.00 bits per heavy atom. The maximum atomic E-state index is 12.0. The largest absolute Gasteiger partial charge is 0.488 e. The summed E-state index contributed by atoms with van der Waals surface area (Å²) >= 11 is 0. The van der Waals surface area contributed by atoms with E-state index in [0.717, 1.165) is 22.4 Å². The number of aromatic nitrogens is 1. The normalized spacial score (nSPS) is 10.4. The number of aryl methyl sites for hydroxylation is 1. The van der Waals surface area contributed by atoms with Crippen molar-refractivity contribution in [2.45, 2.75) is 20.5 Å². The highest BCUT2D eigenvalue weighted by Gasteiger charge is 2.11. The highest BCUT2D eigenvalue weighted by atomic mass is 16.5. The number of carbonyl (C=O) groups excluding carboxylic acids is 1. The van der Waals surface area contributed by atoms with Gasteiger partial charge >= 0.3 is 0 Å². The Bertz CT molecular complexity index is 839. The van der Waals surface area contributed by atoms with Crippen LogP contribution in [-0.4, -0.2) is 10.8 Å². The van der Waals surface area contributed by atoms with Gasteiger partial charge in [0.2, 0.25) is 0 Å². The maximum absolute atomic E-state index is 12.0. The fourth-order valence-electron chi connectivity index (χ4n) is 2.48. The number of hydrogen-bond acceptors (Lipinski definition) is 3. The SMILES string of the molecule is CC(=O)c1cc(-c2ccc(C)nc2)ccc1OCc1ccccc1. The van der Waals surface area contributed by atoms with Crippen LogP contribution in [0.2, 0.25) is 0 Å². The summed E-state index contributed by atoms with van der Waals surface area (Å²) < 4.78 is 5.86. The Labute approximate surface area is 142 Å². The Morgan fingerprint density at radius 2 is 1.75 bits per heavy atom. The summed E-state index contributed by atoms with van der Waals surface area (Å²) in [6, 6.07) is 19.6. The summed E-state index contributed by atoms with van der Waals surface area (Å²) in [6.45, 7) is 3.94. The van der Waals surface area contributed by atoms with Gasteiger partial charge in [-0.25, -0.2) is 0 Å². The van der Waals surface area contributed by atoms with Crippen molar-refractivity contribution in [2.24, 2.45) is 0 Å². The molecule has 3 rings (SSSR count). The molecule has 0 aliphatic heterocycles. The third-order valence-corrected chi connectivity index (χ3v) is 3.84. The van der Waals surface area contributed by atoms with Gasteiger partial charge in [-0.05, 0) is 43.2 Å². The van der Waals surface area contributed by atoms with Gasteiger partial charge in [0.05, 0.1) is 5.56 Å². The molecule has 120 valence electrons. The number of hydrogen-bond donors (Lipinski definition) is 0. The molecular formula is C21H19NO2. The number of Topliss-reactive ketones (excluding diaryl/α,β-unsaturated/α-hetero) is 1. The molecule has 0 aliphatic carbocycles. The first-order chi connectivity index (χ1) is 11.6. The van der Waals surface area contributed by atoms with Crippen LogP contribution in [0.4, 0.5) is 0 Å². The van der Waals surface area contributed by atoms with Crippen LogP contribution in [0.25, 0.3) is 11.1 Å². The van der Waals surface area contributed by atoms with Gasteiger partial charge in [-0.1, -0.05) is 42.5 Å². The molecule has 0 fully saturated rings. The number of nitrogens with zero attached hydrogens (tertiary/aromatic N) is 1. The van der Waals surface area contributed by atoms with E-state index < -0.39 is 0 Å². The van der Waals surface area contributed by atoms with Crippen LogP contribution in [0.3, 0.4) is 0 Å². The highest BCUT2D eigenvalue weighted by Crippen LogP contribution is 2.27. The van der Waals surface area contributed by atoms with E-state index in [1.54, 1.807) is 6.92 Å². The van der Waals surface area contributed by atoms with Crippen molar-refractivity contribution in [1.82, 2.24) is 4.98 Å². The molecule has 0 saturated heterocycles. The van der Waals surface area contributed by atoms with E-state index in [1.807, 2.05) is 73.8 Å². The second kappa shape index (κ2) is 7.09. The Morgan fingerprint density at radius 3 is 2.42 bits per heavy atom. The molecule has 3 heteroatoms. The van der Waals surface area contributed by atoms with E-state index in [0.29, 0.717) is 17.9 Å². The lowest BCUT2D eigenvalue weighted by atomic mass is 10.0. The van der Waals surface area contributed by atoms with E-state index in [4.69, 9.17) is 4.74 Å². The van der Waals surface area contributed by atoms with Crippen molar-refractivity contribution in [3.05, 3.63) is 83.7 Å².